The van der Waals surface area contributed by atoms with Crippen LogP contribution >= 0.6 is 0 Å². The van der Waals surface area contributed by atoms with Gasteiger partial charge in [0.15, 0.2) is 11.5 Å². The van der Waals surface area contributed by atoms with Gasteiger partial charge in [-0.2, -0.15) is 0 Å². The van der Waals surface area contributed by atoms with Gasteiger partial charge >= 0.3 is 24.1 Å². The largest absolute Gasteiger partial charge is 0.508 e. The number of unbranched alkanes of at least 4 members (excludes halogenated alkanes) is 2. The fraction of sp³-hybridized carbons (Fsp3) is 0.667. The van der Waals surface area contributed by atoms with E-state index in [0.717, 1.165) is 19.3 Å². The summed E-state index contributed by atoms with van der Waals surface area (Å²) in [5, 5.41) is 9.69. The molecular weight excluding hydrogens is 518 g/mol. The summed E-state index contributed by atoms with van der Waals surface area (Å²) in [6, 6.07) is 3.09. The lowest BCUT2D eigenvalue weighted by Crippen LogP contribution is -2.38. The molecule has 0 aliphatic heterocycles. The van der Waals surface area contributed by atoms with Crippen LogP contribution in [0.25, 0.3) is 0 Å². The number of carboxylic acids is 1. The number of carbonyl (C=O) groups is 4. The zero-order chi connectivity index (χ0) is 30.7. The van der Waals surface area contributed by atoms with Gasteiger partial charge in [-0.25, -0.2) is 4.79 Å². The van der Waals surface area contributed by atoms with Gasteiger partial charge in [0.1, 0.15) is 12.1 Å². The van der Waals surface area contributed by atoms with E-state index in [-0.39, 0.29) is 48.2 Å². The standard InChI is InChI=1S/C30H47NO9/c1-9-10-11-14-37-28(36)38-19(2)15-21(26(31)27(34)35)20-12-13-22(39-24(32)17-29(3,4)5)23(16-20)40-25(33)18-30(6,7)8/h12-13,16,19,21,26H,9-11,14-15,17-18,31H2,1-8H3,(H,34,35)/t19?,21?,26-/m0/s1. The smallest absolute Gasteiger partial charge is 0.480 e. The van der Waals surface area contributed by atoms with Crippen LogP contribution in [-0.2, 0) is 23.9 Å². The van der Waals surface area contributed by atoms with Crippen LogP contribution in [0.5, 0.6) is 11.5 Å². The third-order valence-corrected chi connectivity index (χ3v) is 5.76. The number of aliphatic carboxylic acids is 1. The van der Waals surface area contributed by atoms with E-state index >= 15 is 0 Å². The highest BCUT2D eigenvalue weighted by atomic mass is 16.7. The Morgan fingerprint density at radius 2 is 1.45 bits per heavy atom. The topological polar surface area (TPSA) is 151 Å². The van der Waals surface area contributed by atoms with Gasteiger partial charge in [0, 0.05) is 5.92 Å². The van der Waals surface area contributed by atoms with E-state index in [0.29, 0.717) is 5.56 Å². The number of carbonyl (C=O) groups excluding carboxylic acids is 3. The van der Waals surface area contributed by atoms with Crippen molar-refractivity contribution in [2.24, 2.45) is 16.6 Å². The number of carboxylic acid groups (broad SMARTS) is 1. The monoisotopic (exact) mass is 565 g/mol. The molecule has 0 radical (unpaired) electrons. The molecule has 0 saturated carbocycles. The lowest BCUT2D eigenvalue weighted by atomic mass is 9.87. The van der Waals surface area contributed by atoms with E-state index in [1.54, 1.807) is 13.0 Å². The fourth-order valence-corrected chi connectivity index (χ4v) is 3.88. The zero-order valence-corrected chi connectivity index (χ0v) is 25.2. The highest BCUT2D eigenvalue weighted by Gasteiger charge is 2.31. The average Bonchev–Trinajstić information content (AvgIpc) is 2.78. The number of ether oxygens (including phenoxy) is 4. The van der Waals surface area contributed by atoms with Crippen molar-refractivity contribution in [2.45, 2.75) is 112 Å². The molecule has 0 heterocycles. The predicted octanol–water partition coefficient (Wildman–Crippen LogP) is 5.99. The van der Waals surface area contributed by atoms with Crippen LogP contribution in [0.4, 0.5) is 4.79 Å². The SMILES string of the molecule is CCCCCOC(=O)OC(C)CC(c1ccc(OC(=O)CC(C)(C)C)c(OC(=O)CC(C)(C)C)c1)[C@H](N)C(=O)O. The molecule has 0 aromatic heterocycles. The van der Waals surface area contributed by atoms with E-state index in [9.17, 15) is 24.3 Å². The maximum atomic E-state index is 12.7. The van der Waals surface area contributed by atoms with Crippen LogP contribution < -0.4 is 15.2 Å². The molecule has 3 N–H and O–H groups in total. The molecule has 1 aromatic carbocycles. The molecule has 0 fully saturated rings. The minimum Gasteiger partial charge on any atom is -0.480 e. The van der Waals surface area contributed by atoms with Crippen LogP contribution in [0.3, 0.4) is 0 Å². The summed E-state index contributed by atoms with van der Waals surface area (Å²) in [5.74, 6) is -3.14. The number of rotatable bonds is 14. The second-order valence-corrected chi connectivity index (χ2v) is 12.6. The number of hydrogen-bond acceptors (Lipinski definition) is 9. The zero-order valence-electron chi connectivity index (χ0n) is 25.2. The third-order valence-electron chi connectivity index (χ3n) is 5.76. The maximum Gasteiger partial charge on any atom is 0.508 e. The summed E-state index contributed by atoms with van der Waals surface area (Å²) >= 11 is 0. The molecule has 0 bridgehead atoms. The second-order valence-electron chi connectivity index (χ2n) is 12.6. The van der Waals surface area contributed by atoms with Gasteiger partial charge in [0.2, 0.25) is 0 Å². The Labute approximate surface area is 237 Å². The number of esters is 2. The molecule has 40 heavy (non-hydrogen) atoms. The van der Waals surface area contributed by atoms with Gasteiger partial charge in [-0.05, 0) is 48.3 Å². The highest BCUT2D eigenvalue weighted by Crippen LogP contribution is 2.36. The fourth-order valence-electron chi connectivity index (χ4n) is 3.88. The number of nitrogens with two attached hydrogens (primary N) is 1. The van der Waals surface area contributed by atoms with E-state index in [1.807, 2.05) is 48.5 Å². The first-order valence-corrected chi connectivity index (χ1v) is 13.8. The summed E-state index contributed by atoms with van der Waals surface area (Å²) in [5.41, 5.74) is 5.77. The van der Waals surface area contributed by atoms with Crippen molar-refractivity contribution in [1.29, 1.82) is 0 Å². The summed E-state index contributed by atoms with van der Waals surface area (Å²) in [4.78, 5) is 49.2. The molecule has 3 atom stereocenters. The maximum absolute atomic E-state index is 12.7. The molecule has 2 unspecified atom stereocenters. The minimum atomic E-state index is -1.36. The molecular formula is C30H47NO9. The van der Waals surface area contributed by atoms with Crippen LogP contribution in [0.15, 0.2) is 18.2 Å². The summed E-state index contributed by atoms with van der Waals surface area (Å²) in [6.07, 6.45) is 1.31. The van der Waals surface area contributed by atoms with Crippen molar-refractivity contribution in [3.8, 4) is 11.5 Å². The molecule has 1 aromatic rings. The summed E-state index contributed by atoms with van der Waals surface area (Å²) in [7, 11) is 0. The van der Waals surface area contributed by atoms with Crippen molar-refractivity contribution in [3.63, 3.8) is 0 Å². The molecule has 1 rings (SSSR count). The minimum absolute atomic E-state index is 0.0273. The quantitative estimate of drug-likeness (QED) is 0.156. The van der Waals surface area contributed by atoms with Crippen molar-refractivity contribution in [1.82, 2.24) is 0 Å². The molecule has 0 amide bonds. The highest BCUT2D eigenvalue weighted by molar-refractivity contribution is 5.77. The first kappa shape index (κ1) is 34.9. The number of benzene rings is 1. The van der Waals surface area contributed by atoms with Crippen molar-refractivity contribution in [2.75, 3.05) is 6.61 Å². The van der Waals surface area contributed by atoms with Crippen LogP contribution in [0.2, 0.25) is 0 Å². The Balaban J connectivity index is 3.28. The van der Waals surface area contributed by atoms with Gasteiger partial charge in [-0.3, -0.25) is 14.4 Å². The Morgan fingerprint density at radius 1 is 0.900 bits per heavy atom. The van der Waals surface area contributed by atoms with Gasteiger partial charge < -0.3 is 29.8 Å². The molecule has 0 aliphatic rings. The van der Waals surface area contributed by atoms with E-state index < -0.39 is 42.1 Å². The van der Waals surface area contributed by atoms with Gasteiger partial charge in [0.25, 0.3) is 0 Å². The first-order chi connectivity index (χ1) is 18.4. The van der Waals surface area contributed by atoms with Gasteiger partial charge in [-0.1, -0.05) is 67.4 Å². The molecule has 226 valence electrons. The third kappa shape index (κ3) is 13.8. The normalized spacial score (nSPS) is 14.0. The molecule has 0 spiro atoms. The first-order valence-electron chi connectivity index (χ1n) is 13.8. The van der Waals surface area contributed by atoms with Gasteiger partial charge in [0.05, 0.1) is 19.4 Å². The Morgan fingerprint density at radius 3 is 1.95 bits per heavy atom. The molecule has 10 heteroatoms. The van der Waals surface area contributed by atoms with Crippen LogP contribution in [0, 0.1) is 10.8 Å². The van der Waals surface area contributed by atoms with Crippen molar-refractivity contribution >= 4 is 24.1 Å². The van der Waals surface area contributed by atoms with E-state index in [1.165, 1.54) is 12.1 Å². The predicted molar refractivity (Wildman–Crippen MR) is 150 cm³/mol. The Bertz CT molecular complexity index is 1010. The van der Waals surface area contributed by atoms with Crippen molar-refractivity contribution in [3.05, 3.63) is 23.8 Å². The van der Waals surface area contributed by atoms with E-state index in [4.69, 9.17) is 24.7 Å². The lowest BCUT2D eigenvalue weighted by molar-refractivity contribution is -0.139. The van der Waals surface area contributed by atoms with Crippen molar-refractivity contribution < 1.29 is 43.2 Å². The van der Waals surface area contributed by atoms with E-state index in [2.05, 4.69) is 0 Å². The van der Waals surface area contributed by atoms with Crippen LogP contribution in [-0.4, -0.2) is 47.9 Å². The second kappa shape index (κ2) is 15.6. The molecule has 10 nitrogen and oxygen atoms in total. The Kier molecular flexibility index (Phi) is 13.6. The lowest BCUT2D eigenvalue weighted by Gasteiger charge is -2.25. The molecule has 0 aliphatic carbocycles. The summed E-state index contributed by atoms with van der Waals surface area (Å²) in [6.45, 7) is 15.2. The van der Waals surface area contributed by atoms with Gasteiger partial charge in [-0.15, -0.1) is 0 Å². The molecule has 0 saturated heterocycles. The summed E-state index contributed by atoms with van der Waals surface area (Å²) < 4.78 is 21.5. The Hall–Kier alpha value is -3.14. The number of hydrogen-bond donors (Lipinski definition) is 2. The van der Waals surface area contributed by atoms with Crippen LogP contribution in [0.1, 0.15) is 105 Å². The average molecular weight is 566 g/mol.